The van der Waals surface area contributed by atoms with Gasteiger partial charge in [0, 0.05) is 50.5 Å². The Morgan fingerprint density at radius 3 is 2.71 bits per heavy atom. The Kier molecular flexibility index (Phi) is 7.50. The van der Waals surface area contributed by atoms with Crippen molar-refractivity contribution >= 4 is 25.6 Å². The molecule has 34 heavy (non-hydrogen) atoms. The molecule has 2 aromatic heterocycles. The molecule has 0 aliphatic carbocycles. The lowest BCUT2D eigenvalue weighted by atomic mass is 9.99. The average molecular weight is 501 g/mol. The van der Waals surface area contributed by atoms with Gasteiger partial charge in [0.1, 0.15) is 12.4 Å². The molecule has 3 aromatic rings. The van der Waals surface area contributed by atoms with Crippen molar-refractivity contribution in [2.45, 2.75) is 44.8 Å². The van der Waals surface area contributed by atoms with Crippen LogP contribution in [0.15, 0.2) is 48.8 Å². The van der Waals surface area contributed by atoms with Gasteiger partial charge in [0.05, 0.1) is 11.9 Å². The molecule has 0 radical (unpaired) electrons. The maximum absolute atomic E-state index is 14.4. The van der Waals surface area contributed by atoms with Gasteiger partial charge in [0.15, 0.2) is 5.82 Å². The molecule has 0 N–H and O–H groups in total. The Morgan fingerprint density at radius 2 is 2.00 bits per heavy atom. The van der Waals surface area contributed by atoms with Gasteiger partial charge >= 0.3 is 0 Å². The van der Waals surface area contributed by atoms with Crippen LogP contribution < -0.4 is 0 Å². The number of aromatic nitrogens is 3. The first-order valence-corrected chi connectivity index (χ1v) is 15.6. The van der Waals surface area contributed by atoms with Crippen LogP contribution >= 0.6 is 11.6 Å². The summed E-state index contributed by atoms with van der Waals surface area (Å²) in [4.78, 5) is 19.2. The van der Waals surface area contributed by atoms with Crippen LogP contribution in [0.25, 0.3) is 11.3 Å². The number of pyridine rings is 1. The van der Waals surface area contributed by atoms with Crippen LogP contribution in [0.1, 0.15) is 28.4 Å². The fourth-order valence-electron chi connectivity index (χ4n) is 4.05. The second-order valence-corrected chi connectivity index (χ2v) is 16.0. The van der Waals surface area contributed by atoms with Crippen molar-refractivity contribution in [3.8, 4) is 11.3 Å². The number of amides is 1. The summed E-state index contributed by atoms with van der Waals surface area (Å²) in [6, 6.07) is 12.0. The van der Waals surface area contributed by atoms with E-state index in [4.69, 9.17) is 16.3 Å². The van der Waals surface area contributed by atoms with Gasteiger partial charge in [-0.2, -0.15) is 5.10 Å². The number of carbonyl (C=O) groups is 1. The molecule has 3 heterocycles. The maximum atomic E-state index is 14.4. The van der Waals surface area contributed by atoms with Crippen LogP contribution in [0.4, 0.5) is 4.39 Å². The molecule has 1 aliphatic heterocycles. The van der Waals surface area contributed by atoms with Crippen LogP contribution in [0.3, 0.4) is 0 Å². The highest BCUT2D eigenvalue weighted by Gasteiger charge is 2.30. The van der Waals surface area contributed by atoms with Gasteiger partial charge in [-0.1, -0.05) is 43.4 Å². The second kappa shape index (κ2) is 10.4. The van der Waals surface area contributed by atoms with Crippen LogP contribution in [0, 0.1) is 5.82 Å². The summed E-state index contributed by atoms with van der Waals surface area (Å²) >= 11 is 6.02. The van der Waals surface area contributed by atoms with Crippen LogP contribution in [-0.2, 0) is 11.5 Å². The van der Waals surface area contributed by atoms with E-state index in [9.17, 15) is 9.18 Å². The largest absolute Gasteiger partial charge is 0.360 e. The fourth-order valence-corrected chi connectivity index (χ4v) is 4.93. The van der Waals surface area contributed by atoms with Gasteiger partial charge < -0.3 is 9.64 Å². The molecule has 0 saturated carbocycles. The highest BCUT2D eigenvalue weighted by atomic mass is 35.5. The third kappa shape index (κ3) is 5.92. The standard InChI is InChI=1S/C25H30ClFN4O2Si/c1-34(2,3)13-12-33-17-31-24(14-23(29-31)21-8-10-28-15-22(21)27)25(32)30-11-9-19(16-30)18-4-6-20(26)7-5-18/h4-8,10,14-15,19H,9,11-13,16-17H2,1-3H3. The van der Waals surface area contributed by atoms with Crippen LogP contribution in [0.5, 0.6) is 0 Å². The summed E-state index contributed by atoms with van der Waals surface area (Å²) in [5.74, 6) is -0.351. The molecule has 0 spiro atoms. The lowest BCUT2D eigenvalue weighted by Crippen LogP contribution is -2.31. The minimum atomic E-state index is -1.25. The first-order valence-electron chi connectivity index (χ1n) is 11.5. The average Bonchev–Trinajstić information content (AvgIpc) is 3.44. The summed E-state index contributed by atoms with van der Waals surface area (Å²) in [6.45, 7) is 8.86. The van der Waals surface area contributed by atoms with Crippen molar-refractivity contribution in [3.05, 3.63) is 70.9 Å². The van der Waals surface area contributed by atoms with E-state index in [0.29, 0.717) is 41.7 Å². The van der Waals surface area contributed by atoms with Gasteiger partial charge in [-0.15, -0.1) is 0 Å². The van der Waals surface area contributed by atoms with Gasteiger partial charge in [-0.25, -0.2) is 9.07 Å². The number of carbonyl (C=O) groups excluding carboxylic acids is 1. The zero-order chi connectivity index (χ0) is 24.3. The summed E-state index contributed by atoms with van der Waals surface area (Å²) in [7, 11) is -1.25. The van der Waals surface area contributed by atoms with Crippen molar-refractivity contribution in [2.75, 3.05) is 19.7 Å². The molecule has 1 unspecified atom stereocenters. The number of benzene rings is 1. The van der Waals surface area contributed by atoms with Gasteiger partial charge in [0.2, 0.25) is 0 Å². The van der Waals surface area contributed by atoms with E-state index in [2.05, 4.69) is 29.7 Å². The molecular weight excluding hydrogens is 471 g/mol. The highest BCUT2D eigenvalue weighted by Crippen LogP contribution is 2.30. The Hall–Kier alpha value is -2.55. The molecule has 1 amide bonds. The molecule has 1 atom stereocenters. The van der Waals surface area contributed by atoms with Crippen molar-refractivity contribution in [2.24, 2.45) is 0 Å². The predicted molar refractivity (Wildman–Crippen MR) is 134 cm³/mol. The van der Waals surface area contributed by atoms with Crippen LogP contribution in [-0.4, -0.2) is 53.3 Å². The van der Waals surface area contributed by atoms with Crippen molar-refractivity contribution < 1.29 is 13.9 Å². The number of rotatable bonds is 8. The first kappa shape index (κ1) is 24.6. The minimum Gasteiger partial charge on any atom is -0.360 e. The van der Waals surface area contributed by atoms with Gasteiger partial charge in [-0.05, 0) is 42.3 Å². The Balaban J connectivity index is 1.54. The molecule has 1 aliphatic rings. The quantitative estimate of drug-likeness (QED) is 0.295. The number of likely N-dealkylation sites (tertiary alicyclic amines) is 1. The lowest BCUT2D eigenvalue weighted by Gasteiger charge is -2.18. The van der Waals surface area contributed by atoms with Crippen LogP contribution in [0.2, 0.25) is 30.7 Å². The Morgan fingerprint density at radius 1 is 1.24 bits per heavy atom. The monoisotopic (exact) mass is 500 g/mol. The Bertz CT molecular complexity index is 1150. The van der Waals surface area contributed by atoms with E-state index < -0.39 is 13.9 Å². The normalized spacial score (nSPS) is 16.3. The number of halogens is 2. The highest BCUT2D eigenvalue weighted by molar-refractivity contribution is 6.76. The smallest absolute Gasteiger partial charge is 0.272 e. The number of ether oxygens (including phenoxy) is 1. The predicted octanol–water partition coefficient (Wildman–Crippen LogP) is 5.68. The van der Waals surface area contributed by atoms with Crippen molar-refractivity contribution in [3.63, 3.8) is 0 Å². The topological polar surface area (TPSA) is 60.2 Å². The molecule has 1 fully saturated rings. The van der Waals surface area contributed by atoms with Crippen molar-refractivity contribution in [1.82, 2.24) is 19.7 Å². The summed E-state index contributed by atoms with van der Waals surface area (Å²) < 4.78 is 21.8. The van der Waals surface area contributed by atoms with E-state index >= 15 is 0 Å². The molecular formula is C25H30ClFN4O2Si. The fraction of sp³-hybridized carbons (Fsp3) is 0.400. The lowest BCUT2D eigenvalue weighted by molar-refractivity contribution is 0.0654. The number of hydrogen-bond donors (Lipinski definition) is 0. The molecule has 1 saturated heterocycles. The molecule has 9 heteroatoms. The van der Waals surface area contributed by atoms with E-state index in [-0.39, 0.29) is 18.6 Å². The molecule has 0 bridgehead atoms. The number of hydrogen-bond acceptors (Lipinski definition) is 4. The Labute approximate surface area is 205 Å². The maximum Gasteiger partial charge on any atom is 0.272 e. The third-order valence-corrected chi connectivity index (χ3v) is 8.03. The van der Waals surface area contributed by atoms with Crippen molar-refractivity contribution in [1.29, 1.82) is 0 Å². The van der Waals surface area contributed by atoms with E-state index in [1.807, 2.05) is 29.2 Å². The zero-order valence-electron chi connectivity index (χ0n) is 19.8. The third-order valence-electron chi connectivity index (χ3n) is 6.07. The second-order valence-electron chi connectivity index (χ2n) is 9.91. The van der Waals surface area contributed by atoms with E-state index in [1.54, 1.807) is 16.8 Å². The minimum absolute atomic E-state index is 0.126. The van der Waals surface area contributed by atoms with Gasteiger partial charge in [-0.3, -0.25) is 9.78 Å². The van der Waals surface area contributed by atoms with Gasteiger partial charge in [0.25, 0.3) is 5.91 Å². The van der Waals surface area contributed by atoms with E-state index in [0.717, 1.165) is 18.7 Å². The summed E-state index contributed by atoms with van der Waals surface area (Å²) in [5, 5.41) is 5.23. The molecule has 1 aromatic carbocycles. The summed E-state index contributed by atoms with van der Waals surface area (Å²) in [6.07, 6.45) is 3.54. The van der Waals surface area contributed by atoms with E-state index in [1.165, 1.54) is 11.8 Å². The SMILES string of the molecule is C[Si](C)(C)CCOCn1nc(-c2ccncc2F)cc1C(=O)N1CCC(c2ccc(Cl)cc2)C1. The number of nitrogens with zero attached hydrogens (tertiary/aromatic N) is 4. The summed E-state index contributed by atoms with van der Waals surface area (Å²) in [5.41, 5.74) is 2.27. The molecule has 4 rings (SSSR count). The molecule has 6 nitrogen and oxygen atoms in total. The molecule has 180 valence electrons. The zero-order valence-corrected chi connectivity index (χ0v) is 21.6. The first-order chi connectivity index (χ1) is 16.2.